The van der Waals surface area contributed by atoms with Crippen LogP contribution in [0.3, 0.4) is 0 Å². The first kappa shape index (κ1) is 24.6. The van der Waals surface area contributed by atoms with Crippen LogP contribution in [0.2, 0.25) is 0 Å². The van der Waals surface area contributed by atoms with Gasteiger partial charge in [-0.1, -0.05) is 36.1 Å². The number of nitrogen functional groups attached to an aromatic ring is 1. The van der Waals surface area contributed by atoms with E-state index in [0.717, 1.165) is 5.56 Å². The van der Waals surface area contributed by atoms with Crippen molar-refractivity contribution in [3.8, 4) is 17.5 Å². The van der Waals surface area contributed by atoms with Gasteiger partial charge < -0.3 is 11.1 Å². The van der Waals surface area contributed by atoms with Gasteiger partial charge in [0.15, 0.2) is 5.82 Å². The molecule has 0 fully saturated rings. The molecule has 0 radical (unpaired) electrons. The zero-order chi connectivity index (χ0) is 27.8. The summed E-state index contributed by atoms with van der Waals surface area (Å²) in [5.41, 5.74) is 8.75. The maximum atomic E-state index is 14.1. The maximum Gasteiger partial charge on any atom is 0.267 e. The quantitative estimate of drug-likeness (QED) is 0.335. The third-order valence-electron chi connectivity index (χ3n) is 6.39. The second-order valence-corrected chi connectivity index (χ2v) is 9.15. The lowest BCUT2D eigenvalue weighted by Gasteiger charge is -2.20. The van der Waals surface area contributed by atoms with Crippen molar-refractivity contribution in [2.24, 2.45) is 7.05 Å². The number of aromatic nitrogens is 7. The Morgan fingerprint density at radius 3 is 2.62 bits per heavy atom. The number of nitrogens with one attached hydrogen (secondary N) is 1. The minimum atomic E-state index is -0.680. The largest absolute Gasteiger partial charge is 0.381 e. The van der Waals surface area contributed by atoms with Gasteiger partial charge in [-0.15, -0.1) is 9.73 Å². The average molecular weight is 530 g/mol. The molecule has 11 heteroatoms. The highest BCUT2D eigenvalue weighted by Crippen LogP contribution is 2.22. The first-order valence-corrected chi connectivity index (χ1v) is 12.4. The fraction of sp³-hybridized carbons (Fsp3) is 0.103. The highest BCUT2D eigenvalue weighted by atomic mass is 16.2. The van der Waals surface area contributed by atoms with Gasteiger partial charge >= 0.3 is 0 Å². The molecule has 4 aromatic heterocycles. The van der Waals surface area contributed by atoms with Crippen molar-refractivity contribution in [3.63, 3.8) is 0 Å². The number of carbonyl (C=O) groups is 1. The minimum Gasteiger partial charge on any atom is -0.381 e. The van der Waals surface area contributed by atoms with Crippen LogP contribution in [0.15, 0.2) is 84.0 Å². The molecular weight excluding hydrogens is 506 g/mol. The molecule has 40 heavy (non-hydrogen) atoms. The van der Waals surface area contributed by atoms with E-state index in [9.17, 15) is 9.59 Å². The number of rotatable bonds is 4. The van der Waals surface area contributed by atoms with E-state index in [1.807, 2.05) is 37.4 Å². The second kappa shape index (κ2) is 9.85. The van der Waals surface area contributed by atoms with E-state index in [1.54, 1.807) is 60.5 Å². The Morgan fingerprint density at radius 1 is 1.02 bits per heavy atom. The van der Waals surface area contributed by atoms with Crippen LogP contribution in [-0.2, 0) is 7.05 Å². The van der Waals surface area contributed by atoms with E-state index in [0.29, 0.717) is 33.5 Å². The Labute approximate surface area is 227 Å². The van der Waals surface area contributed by atoms with E-state index in [1.165, 1.54) is 9.20 Å². The van der Waals surface area contributed by atoms with Crippen molar-refractivity contribution in [1.82, 2.24) is 39.5 Å². The molecule has 0 aliphatic heterocycles. The Morgan fingerprint density at radius 2 is 1.85 bits per heavy atom. The Hall–Kier alpha value is -5.76. The van der Waals surface area contributed by atoms with Crippen molar-refractivity contribution in [2.45, 2.75) is 13.0 Å². The standard InChI is InChI=1S/C29H23N9O2/c1-18(33-28(39)25-23-12-7-15-31-38(23)35-26(25)30)27-34-22-11-6-8-20(14-13-19-16-32-36(2)17-19)24(22)29(40)37(27)21-9-4-3-5-10-21/h3-12,15-18H,1-2H3,(H2,30,35)(H,33,39)/t18-/m0/s1. The number of amides is 1. The third kappa shape index (κ3) is 4.33. The van der Waals surface area contributed by atoms with Crippen LogP contribution in [0.1, 0.15) is 40.3 Å². The summed E-state index contributed by atoms with van der Waals surface area (Å²) in [6.07, 6.45) is 5.01. The lowest BCUT2D eigenvalue weighted by molar-refractivity contribution is 0.0940. The summed E-state index contributed by atoms with van der Waals surface area (Å²) in [4.78, 5) is 32.4. The van der Waals surface area contributed by atoms with Gasteiger partial charge in [-0.2, -0.15) is 10.2 Å². The molecule has 196 valence electrons. The zero-order valence-corrected chi connectivity index (χ0v) is 21.6. The molecule has 11 nitrogen and oxygen atoms in total. The number of para-hydroxylation sites is 1. The van der Waals surface area contributed by atoms with Gasteiger partial charge in [-0.05, 0) is 43.3 Å². The summed E-state index contributed by atoms with van der Waals surface area (Å²) in [7, 11) is 1.81. The van der Waals surface area contributed by atoms with Gasteiger partial charge in [-0.25, -0.2) is 4.98 Å². The normalized spacial score (nSPS) is 11.8. The molecule has 2 aromatic carbocycles. The summed E-state index contributed by atoms with van der Waals surface area (Å²) in [6, 6.07) is 17.2. The fourth-order valence-corrected chi connectivity index (χ4v) is 4.57. The van der Waals surface area contributed by atoms with Gasteiger partial charge in [0.05, 0.1) is 34.4 Å². The molecule has 0 bridgehead atoms. The topological polar surface area (TPSA) is 138 Å². The molecule has 1 atom stereocenters. The maximum absolute atomic E-state index is 14.1. The van der Waals surface area contributed by atoms with Crippen molar-refractivity contribution >= 4 is 28.1 Å². The first-order chi connectivity index (χ1) is 19.4. The molecule has 0 saturated heterocycles. The Bertz CT molecular complexity index is 2030. The number of aryl methyl sites for hydroxylation is 1. The van der Waals surface area contributed by atoms with Crippen LogP contribution >= 0.6 is 0 Å². The van der Waals surface area contributed by atoms with E-state index in [4.69, 9.17) is 10.7 Å². The monoisotopic (exact) mass is 529 g/mol. The van der Waals surface area contributed by atoms with E-state index in [-0.39, 0.29) is 16.9 Å². The summed E-state index contributed by atoms with van der Waals surface area (Å²) in [5, 5.41) is 15.7. The minimum absolute atomic E-state index is 0.0483. The first-order valence-electron chi connectivity index (χ1n) is 12.4. The van der Waals surface area contributed by atoms with E-state index in [2.05, 4.69) is 32.5 Å². The molecule has 1 amide bonds. The number of anilines is 1. The molecule has 0 aliphatic carbocycles. The number of benzene rings is 2. The van der Waals surface area contributed by atoms with Gasteiger partial charge in [0.25, 0.3) is 11.5 Å². The summed E-state index contributed by atoms with van der Waals surface area (Å²) >= 11 is 0. The van der Waals surface area contributed by atoms with Crippen LogP contribution in [-0.4, -0.2) is 40.1 Å². The van der Waals surface area contributed by atoms with Crippen LogP contribution in [0.5, 0.6) is 0 Å². The third-order valence-corrected chi connectivity index (χ3v) is 6.39. The number of carbonyl (C=O) groups excluding carboxylic acids is 1. The lowest BCUT2D eigenvalue weighted by atomic mass is 10.1. The lowest BCUT2D eigenvalue weighted by Crippen LogP contribution is -2.33. The molecule has 4 heterocycles. The fourth-order valence-electron chi connectivity index (χ4n) is 4.57. The van der Waals surface area contributed by atoms with Gasteiger partial charge in [-0.3, -0.25) is 18.8 Å². The molecule has 0 spiro atoms. The van der Waals surface area contributed by atoms with Crippen molar-refractivity contribution in [2.75, 3.05) is 5.73 Å². The predicted molar refractivity (Wildman–Crippen MR) is 150 cm³/mol. The molecule has 6 aromatic rings. The summed E-state index contributed by atoms with van der Waals surface area (Å²) in [6.45, 7) is 1.76. The second-order valence-electron chi connectivity index (χ2n) is 9.15. The van der Waals surface area contributed by atoms with Crippen LogP contribution in [0.4, 0.5) is 5.82 Å². The van der Waals surface area contributed by atoms with Gasteiger partial charge in [0, 0.05) is 25.0 Å². The Kier molecular flexibility index (Phi) is 6.05. The molecule has 3 N–H and O–H groups in total. The smallest absolute Gasteiger partial charge is 0.267 e. The number of nitrogens with two attached hydrogens (primary N) is 1. The average Bonchev–Trinajstić information content (AvgIpc) is 3.53. The van der Waals surface area contributed by atoms with Crippen molar-refractivity contribution in [3.05, 3.63) is 112 Å². The molecule has 6 rings (SSSR count). The van der Waals surface area contributed by atoms with E-state index < -0.39 is 11.9 Å². The highest BCUT2D eigenvalue weighted by Gasteiger charge is 2.24. The van der Waals surface area contributed by atoms with Crippen LogP contribution in [0, 0.1) is 11.8 Å². The highest BCUT2D eigenvalue weighted by molar-refractivity contribution is 6.05. The summed E-state index contributed by atoms with van der Waals surface area (Å²) < 4.78 is 4.47. The van der Waals surface area contributed by atoms with Crippen molar-refractivity contribution in [1.29, 1.82) is 0 Å². The number of nitrogens with zero attached hydrogens (tertiary/aromatic N) is 7. The molecular formula is C29H23N9O2. The molecule has 0 unspecified atom stereocenters. The number of fused-ring (bicyclic) bond motifs is 2. The van der Waals surface area contributed by atoms with Crippen LogP contribution < -0.4 is 16.6 Å². The van der Waals surface area contributed by atoms with E-state index >= 15 is 0 Å². The number of hydrogen-bond acceptors (Lipinski definition) is 7. The van der Waals surface area contributed by atoms with Crippen molar-refractivity contribution < 1.29 is 4.79 Å². The van der Waals surface area contributed by atoms with Gasteiger partial charge in [0.1, 0.15) is 16.9 Å². The Balaban J connectivity index is 1.48. The number of hydrogen-bond donors (Lipinski definition) is 2. The zero-order valence-electron chi connectivity index (χ0n) is 21.6. The predicted octanol–water partition coefficient (Wildman–Crippen LogP) is 2.63. The van der Waals surface area contributed by atoms with Gasteiger partial charge in [0.2, 0.25) is 0 Å². The summed E-state index contributed by atoms with van der Waals surface area (Å²) in [5.74, 6) is 6.11. The molecule has 0 aliphatic rings. The SMILES string of the molecule is C[C@H](NC(=O)c1c(N)nn2ncccc12)c1nc2cccc(C#Cc3cnn(C)c3)c2c(=O)n1-c1ccccc1. The molecule has 0 saturated carbocycles. The van der Waals surface area contributed by atoms with Crippen LogP contribution in [0.25, 0.3) is 22.1 Å².